The molecule has 120 valence electrons. The Bertz CT molecular complexity index is 603. The lowest BCUT2D eigenvalue weighted by molar-refractivity contribution is 0.415. The van der Waals surface area contributed by atoms with Gasteiger partial charge in [0.15, 0.2) is 0 Å². The molecule has 1 aromatic rings. The van der Waals surface area contributed by atoms with Crippen molar-refractivity contribution in [2.24, 2.45) is 5.10 Å². The van der Waals surface area contributed by atoms with E-state index in [0.717, 1.165) is 0 Å². The van der Waals surface area contributed by atoms with Crippen LogP contribution in [0.1, 0.15) is 0 Å². The van der Waals surface area contributed by atoms with Crippen LogP contribution in [0, 0.1) is 0 Å². The average Bonchev–Trinajstić information content (AvgIpc) is 2.45. The average molecular weight is 424 g/mol. The second kappa shape index (κ2) is 6.71. The van der Waals surface area contributed by atoms with E-state index < -0.39 is 7.59 Å². The standard InChI is InChI=1S/C12H9Cl6N3O/c1-22-8-4-2-7(3-5-8)21-19-9(11(13,14)15)6-10(20-21)12(16,17)18/h2-6,19H,1H3. The molecule has 1 aliphatic rings. The molecule has 0 aliphatic carbocycles. The molecular formula is C12H9Cl6N3O. The topological polar surface area (TPSA) is 36.9 Å². The van der Waals surface area contributed by atoms with Crippen LogP contribution < -0.4 is 15.3 Å². The number of nitrogens with zero attached hydrogens (tertiary/aromatic N) is 2. The van der Waals surface area contributed by atoms with Crippen molar-refractivity contribution in [2.45, 2.75) is 7.59 Å². The molecule has 0 atom stereocenters. The number of anilines is 1. The number of hydrogen-bond acceptors (Lipinski definition) is 4. The SMILES string of the molecule is COc1ccc(N2N=C(C(Cl)(Cl)Cl)C=C(C(Cl)(Cl)Cl)N2)cc1. The van der Waals surface area contributed by atoms with Crippen LogP contribution in [-0.4, -0.2) is 20.4 Å². The molecular weight excluding hydrogens is 415 g/mol. The van der Waals surface area contributed by atoms with Crippen LogP contribution in [0.4, 0.5) is 5.69 Å². The van der Waals surface area contributed by atoms with Crippen LogP contribution in [0.25, 0.3) is 0 Å². The number of hydrogen-bond donors (Lipinski definition) is 1. The van der Waals surface area contributed by atoms with Crippen molar-refractivity contribution >= 4 is 81.0 Å². The van der Waals surface area contributed by atoms with Crippen molar-refractivity contribution in [3.05, 3.63) is 36.0 Å². The minimum atomic E-state index is -1.77. The number of benzene rings is 1. The van der Waals surface area contributed by atoms with Gasteiger partial charge in [-0.25, -0.2) is 0 Å². The Morgan fingerprint density at radius 3 is 2.05 bits per heavy atom. The Kier molecular flexibility index (Phi) is 5.53. The Morgan fingerprint density at radius 2 is 1.59 bits per heavy atom. The van der Waals surface area contributed by atoms with Crippen molar-refractivity contribution in [2.75, 3.05) is 12.2 Å². The Morgan fingerprint density at radius 1 is 1.00 bits per heavy atom. The Balaban J connectivity index is 2.40. The van der Waals surface area contributed by atoms with E-state index >= 15 is 0 Å². The summed E-state index contributed by atoms with van der Waals surface area (Å²) in [4.78, 5) is 0. The van der Waals surface area contributed by atoms with E-state index in [1.807, 2.05) is 0 Å². The first kappa shape index (κ1) is 18.1. The fourth-order valence-corrected chi connectivity index (χ4v) is 2.14. The highest BCUT2D eigenvalue weighted by molar-refractivity contribution is 6.78. The fourth-order valence-electron chi connectivity index (χ4n) is 1.57. The van der Waals surface area contributed by atoms with Gasteiger partial charge >= 0.3 is 0 Å². The maximum absolute atomic E-state index is 5.90. The van der Waals surface area contributed by atoms with E-state index in [4.69, 9.17) is 74.3 Å². The van der Waals surface area contributed by atoms with Crippen LogP contribution in [-0.2, 0) is 0 Å². The summed E-state index contributed by atoms with van der Waals surface area (Å²) >= 11 is 35.3. The first-order valence-corrected chi connectivity index (χ1v) is 8.03. The molecule has 0 spiro atoms. The number of alkyl halides is 6. The van der Waals surface area contributed by atoms with Crippen LogP contribution >= 0.6 is 69.6 Å². The fraction of sp³-hybridized carbons (Fsp3) is 0.250. The van der Waals surface area contributed by atoms with Gasteiger partial charge in [0, 0.05) is 0 Å². The zero-order valence-corrected chi connectivity index (χ0v) is 15.5. The van der Waals surface area contributed by atoms with Crippen molar-refractivity contribution < 1.29 is 4.74 Å². The number of methoxy groups -OCH3 is 1. The van der Waals surface area contributed by atoms with Crippen LogP contribution in [0.15, 0.2) is 41.1 Å². The van der Waals surface area contributed by atoms with Crippen LogP contribution in [0.3, 0.4) is 0 Å². The van der Waals surface area contributed by atoms with Gasteiger partial charge in [0.2, 0.25) is 7.59 Å². The van der Waals surface area contributed by atoms with Crippen LogP contribution in [0.2, 0.25) is 0 Å². The van der Waals surface area contributed by atoms with E-state index in [1.54, 1.807) is 31.4 Å². The number of hydrazone groups is 1. The molecule has 1 heterocycles. The summed E-state index contributed by atoms with van der Waals surface area (Å²) in [7, 11) is 1.57. The lowest BCUT2D eigenvalue weighted by atomic mass is 10.3. The number of halogens is 6. The van der Waals surface area contributed by atoms with Gasteiger partial charge in [0.1, 0.15) is 11.5 Å². The summed E-state index contributed by atoms with van der Waals surface area (Å²) in [5.41, 5.74) is 3.78. The second-order valence-corrected chi connectivity index (χ2v) is 8.72. The summed E-state index contributed by atoms with van der Waals surface area (Å²) in [6, 6.07) is 6.98. The van der Waals surface area contributed by atoms with Crippen molar-refractivity contribution in [1.82, 2.24) is 5.43 Å². The van der Waals surface area contributed by atoms with Gasteiger partial charge in [0.05, 0.1) is 18.5 Å². The first-order chi connectivity index (χ1) is 10.1. The first-order valence-electron chi connectivity index (χ1n) is 5.77. The van der Waals surface area contributed by atoms with Crippen molar-refractivity contribution in [3.8, 4) is 5.75 Å². The number of nitrogens with one attached hydrogen (secondary N) is 1. The molecule has 1 N–H and O–H groups in total. The van der Waals surface area contributed by atoms with Gasteiger partial charge in [-0.2, -0.15) is 10.2 Å². The predicted octanol–water partition coefficient (Wildman–Crippen LogP) is 5.00. The van der Waals surface area contributed by atoms with Gasteiger partial charge in [-0.05, 0) is 30.3 Å². The van der Waals surface area contributed by atoms with Gasteiger partial charge < -0.3 is 4.74 Å². The lowest BCUT2D eigenvalue weighted by Crippen LogP contribution is -2.43. The third kappa shape index (κ3) is 4.40. The molecule has 0 saturated heterocycles. The molecule has 2 rings (SSSR count). The summed E-state index contributed by atoms with van der Waals surface area (Å²) in [5.74, 6) is 0.684. The third-order valence-electron chi connectivity index (χ3n) is 2.63. The molecule has 22 heavy (non-hydrogen) atoms. The molecule has 1 aliphatic heterocycles. The van der Waals surface area contributed by atoms with Crippen LogP contribution in [0.5, 0.6) is 5.75 Å². The van der Waals surface area contributed by atoms with Gasteiger partial charge in [0.25, 0.3) is 0 Å². The number of ether oxygens (including phenoxy) is 1. The maximum Gasteiger partial charge on any atom is 0.234 e. The highest BCUT2D eigenvalue weighted by Gasteiger charge is 2.36. The summed E-state index contributed by atoms with van der Waals surface area (Å²) in [5, 5.41) is 5.53. The summed E-state index contributed by atoms with van der Waals surface area (Å²) < 4.78 is 1.59. The summed E-state index contributed by atoms with van der Waals surface area (Å²) in [6.45, 7) is 0. The third-order valence-corrected chi connectivity index (χ3v) is 3.82. The highest BCUT2D eigenvalue weighted by atomic mass is 35.6. The second-order valence-electron chi connectivity index (χ2n) is 4.16. The lowest BCUT2D eigenvalue weighted by Gasteiger charge is -2.31. The highest BCUT2D eigenvalue weighted by Crippen LogP contribution is 2.38. The van der Waals surface area contributed by atoms with E-state index in [9.17, 15) is 0 Å². The minimum absolute atomic E-state index is 0.105. The molecule has 4 nitrogen and oxygen atoms in total. The molecule has 0 bridgehead atoms. The van der Waals surface area contributed by atoms with E-state index in [2.05, 4.69) is 10.5 Å². The molecule has 0 saturated carbocycles. The number of allylic oxidation sites excluding steroid dienone is 2. The molecule has 0 amide bonds. The monoisotopic (exact) mass is 421 g/mol. The number of hydrazine groups is 1. The zero-order chi connectivity index (χ0) is 16.5. The normalized spacial score (nSPS) is 15.9. The maximum atomic E-state index is 5.90. The van der Waals surface area contributed by atoms with Gasteiger partial charge in [-0.15, -0.1) is 0 Å². The molecule has 0 fully saturated rings. The summed E-state index contributed by atoms with van der Waals surface area (Å²) in [6.07, 6.45) is 1.38. The molecule has 0 unspecified atom stereocenters. The van der Waals surface area contributed by atoms with E-state index in [0.29, 0.717) is 11.4 Å². The zero-order valence-electron chi connectivity index (χ0n) is 11.0. The quantitative estimate of drug-likeness (QED) is 0.680. The van der Waals surface area contributed by atoms with Crippen molar-refractivity contribution in [3.63, 3.8) is 0 Å². The van der Waals surface area contributed by atoms with Crippen molar-refractivity contribution in [1.29, 1.82) is 0 Å². The van der Waals surface area contributed by atoms with Gasteiger partial charge in [-0.3, -0.25) is 5.43 Å². The smallest absolute Gasteiger partial charge is 0.234 e. The largest absolute Gasteiger partial charge is 0.497 e. The van der Waals surface area contributed by atoms with E-state index in [1.165, 1.54) is 11.2 Å². The molecule has 0 radical (unpaired) electrons. The van der Waals surface area contributed by atoms with Gasteiger partial charge in [-0.1, -0.05) is 69.6 Å². The molecule has 0 aromatic heterocycles. The van der Waals surface area contributed by atoms with E-state index in [-0.39, 0.29) is 11.4 Å². The minimum Gasteiger partial charge on any atom is -0.497 e. The molecule has 10 heteroatoms. The Hall–Kier alpha value is -0.230. The Labute approximate surface area is 157 Å². The predicted molar refractivity (Wildman–Crippen MR) is 94.7 cm³/mol. The molecule has 1 aromatic carbocycles. The number of rotatable bonds is 2.